The topological polar surface area (TPSA) is 9.23 Å². The number of benzene rings is 2. The van der Waals surface area contributed by atoms with Gasteiger partial charge in [0.15, 0.2) is 0 Å². The van der Waals surface area contributed by atoms with Crippen molar-refractivity contribution in [3.05, 3.63) is 71.3 Å². The fourth-order valence-electron chi connectivity index (χ4n) is 3.17. The van der Waals surface area contributed by atoms with E-state index in [1.165, 1.54) is 16.7 Å². The van der Waals surface area contributed by atoms with Gasteiger partial charge in [0.1, 0.15) is 16.1 Å². The van der Waals surface area contributed by atoms with Crippen LogP contribution in [0.4, 0.5) is 0 Å². The van der Waals surface area contributed by atoms with E-state index in [0.717, 1.165) is 0 Å². The maximum atomic E-state index is 6.29. The highest BCUT2D eigenvalue weighted by Gasteiger charge is 2.45. The molecule has 0 aliphatic carbocycles. The summed E-state index contributed by atoms with van der Waals surface area (Å²) in [7, 11) is 0.694. The first-order valence-corrected chi connectivity index (χ1v) is 7.92. The zero-order chi connectivity index (χ0) is 14.8. The lowest BCUT2D eigenvalue weighted by Crippen LogP contribution is -2.44. The maximum absolute atomic E-state index is 6.29. The molecule has 0 bridgehead atoms. The van der Waals surface area contributed by atoms with Gasteiger partial charge in [0.05, 0.1) is 0 Å². The summed E-state index contributed by atoms with van der Waals surface area (Å²) in [6.07, 6.45) is 0. The van der Waals surface area contributed by atoms with E-state index in [2.05, 4.69) is 82.3 Å². The third kappa shape index (κ3) is 2.34. The minimum Gasteiger partial charge on any atom is -0.414 e. The fraction of sp³-hybridized carbons (Fsp3) is 0.333. The van der Waals surface area contributed by atoms with Crippen LogP contribution >= 0.6 is 0 Å². The van der Waals surface area contributed by atoms with Crippen LogP contribution in [-0.2, 0) is 10.0 Å². The van der Waals surface area contributed by atoms with Gasteiger partial charge in [-0.1, -0.05) is 75.4 Å². The standard InChI is InChI=1S/C18H24OSi/c1-14-10-8-9-13-16(14)18(19-20,17(2,3)4)15-11-6-5-7-12-15/h5-13H,1-4,20H3. The number of aryl methyl sites for hydroxylation is 1. The summed E-state index contributed by atoms with van der Waals surface area (Å²) in [6, 6.07) is 19.2. The Morgan fingerprint density at radius 2 is 1.40 bits per heavy atom. The van der Waals surface area contributed by atoms with Crippen molar-refractivity contribution in [2.45, 2.75) is 33.3 Å². The Balaban J connectivity index is 2.77. The van der Waals surface area contributed by atoms with Crippen molar-refractivity contribution in [3.8, 4) is 0 Å². The Bertz CT molecular complexity index is 571. The summed E-state index contributed by atoms with van der Waals surface area (Å²) in [5, 5.41) is 0. The molecule has 2 aromatic rings. The van der Waals surface area contributed by atoms with E-state index in [-0.39, 0.29) is 11.0 Å². The highest BCUT2D eigenvalue weighted by atomic mass is 28.2. The van der Waals surface area contributed by atoms with Gasteiger partial charge in [-0.25, -0.2) is 0 Å². The fourth-order valence-corrected chi connectivity index (χ4v) is 4.24. The van der Waals surface area contributed by atoms with Crippen LogP contribution in [-0.4, -0.2) is 10.5 Å². The van der Waals surface area contributed by atoms with Crippen LogP contribution in [0.5, 0.6) is 0 Å². The van der Waals surface area contributed by atoms with Gasteiger partial charge in [0.2, 0.25) is 0 Å². The second kappa shape index (κ2) is 5.55. The summed E-state index contributed by atoms with van der Waals surface area (Å²) in [5.41, 5.74) is 3.38. The summed E-state index contributed by atoms with van der Waals surface area (Å²) in [5.74, 6) is 0. The highest BCUT2D eigenvalue weighted by Crippen LogP contribution is 2.48. The molecular formula is C18H24OSi. The predicted octanol–water partition coefficient (Wildman–Crippen LogP) is 3.58. The molecule has 1 unspecified atom stereocenters. The Labute approximate surface area is 125 Å². The van der Waals surface area contributed by atoms with Crippen LogP contribution < -0.4 is 0 Å². The number of hydrogen-bond donors (Lipinski definition) is 0. The van der Waals surface area contributed by atoms with Crippen molar-refractivity contribution in [1.29, 1.82) is 0 Å². The molecule has 1 nitrogen and oxygen atoms in total. The SMILES string of the molecule is Cc1ccccc1C(O[SiH3])(c1ccccc1)C(C)(C)C. The molecule has 0 heterocycles. The van der Waals surface area contributed by atoms with Crippen LogP contribution in [0.1, 0.15) is 37.5 Å². The van der Waals surface area contributed by atoms with Crippen LogP contribution in [0, 0.1) is 12.3 Å². The number of hydrogen-bond acceptors (Lipinski definition) is 1. The summed E-state index contributed by atoms with van der Waals surface area (Å²) in [6.45, 7) is 8.93. The third-order valence-corrected chi connectivity index (χ3v) is 4.68. The molecule has 0 fully saturated rings. The lowest BCUT2D eigenvalue weighted by atomic mass is 9.67. The molecule has 0 amide bonds. The van der Waals surface area contributed by atoms with Crippen LogP contribution in [0.3, 0.4) is 0 Å². The molecule has 2 aromatic carbocycles. The first-order chi connectivity index (χ1) is 9.43. The van der Waals surface area contributed by atoms with Gasteiger partial charge in [0, 0.05) is 0 Å². The molecule has 0 aliphatic heterocycles. The minimum absolute atomic E-state index is 0.0256. The van der Waals surface area contributed by atoms with Crippen molar-refractivity contribution >= 4 is 10.5 Å². The van der Waals surface area contributed by atoms with Crippen molar-refractivity contribution in [3.63, 3.8) is 0 Å². The first kappa shape index (κ1) is 15.0. The van der Waals surface area contributed by atoms with Crippen LogP contribution in [0.15, 0.2) is 54.6 Å². The Hall–Kier alpha value is -1.38. The van der Waals surface area contributed by atoms with E-state index >= 15 is 0 Å². The molecule has 1 atom stereocenters. The van der Waals surface area contributed by atoms with Gasteiger partial charge in [-0.05, 0) is 29.0 Å². The average Bonchev–Trinajstić information content (AvgIpc) is 2.42. The van der Waals surface area contributed by atoms with Crippen molar-refractivity contribution < 1.29 is 4.43 Å². The molecule has 2 heteroatoms. The summed E-state index contributed by atoms with van der Waals surface area (Å²) >= 11 is 0. The average molecular weight is 284 g/mol. The molecule has 106 valence electrons. The summed E-state index contributed by atoms with van der Waals surface area (Å²) < 4.78 is 6.29. The first-order valence-electron chi connectivity index (χ1n) is 7.10. The van der Waals surface area contributed by atoms with Gasteiger partial charge in [-0.2, -0.15) is 0 Å². The minimum atomic E-state index is -0.383. The second-order valence-corrected chi connectivity index (χ2v) is 6.72. The van der Waals surface area contributed by atoms with Crippen LogP contribution in [0.2, 0.25) is 0 Å². The molecule has 0 saturated heterocycles. The molecule has 20 heavy (non-hydrogen) atoms. The van der Waals surface area contributed by atoms with Crippen molar-refractivity contribution in [1.82, 2.24) is 0 Å². The maximum Gasteiger partial charge on any atom is 0.147 e. The number of rotatable bonds is 3. The lowest BCUT2D eigenvalue weighted by molar-refractivity contribution is 0.00622. The Morgan fingerprint density at radius 1 is 0.850 bits per heavy atom. The molecule has 2 rings (SSSR count). The molecule has 0 N–H and O–H groups in total. The third-order valence-electron chi connectivity index (χ3n) is 4.07. The van der Waals surface area contributed by atoms with E-state index in [0.29, 0.717) is 10.5 Å². The molecule has 0 aromatic heterocycles. The monoisotopic (exact) mass is 284 g/mol. The van der Waals surface area contributed by atoms with Gasteiger partial charge < -0.3 is 4.43 Å². The summed E-state index contributed by atoms with van der Waals surface area (Å²) in [4.78, 5) is 0. The molecular weight excluding hydrogens is 260 g/mol. The van der Waals surface area contributed by atoms with Gasteiger partial charge in [-0.3, -0.25) is 0 Å². The van der Waals surface area contributed by atoms with E-state index in [4.69, 9.17) is 4.43 Å². The molecule has 0 radical (unpaired) electrons. The van der Waals surface area contributed by atoms with Gasteiger partial charge in [-0.15, -0.1) is 0 Å². The Morgan fingerprint density at radius 3 is 1.90 bits per heavy atom. The van der Waals surface area contributed by atoms with E-state index in [1.54, 1.807) is 0 Å². The van der Waals surface area contributed by atoms with E-state index in [9.17, 15) is 0 Å². The normalized spacial score (nSPS) is 15.0. The quantitative estimate of drug-likeness (QED) is 0.783. The van der Waals surface area contributed by atoms with E-state index in [1.807, 2.05) is 0 Å². The second-order valence-electron chi connectivity index (χ2n) is 6.32. The van der Waals surface area contributed by atoms with Gasteiger partial charge in [0.25, 0.3) is 0 Å². The molecule has 0 aliphatic rings. The van der Waals surface area contributed by atoms with Crippen LogP contribution in [0.25, 0.3) is 0 Å². The molecule has 0 spiro atoms. The zero-order valence-electron chi connectivity index (χ0n) is 13.1. The smallest absolute Gasteiger partial charge is 0.147 e. The van der Waals surface area contributed by atoms with Crippen molar-refractivity contribution in [2.75, 3.05) is 0 Å². The van der Waals surface area contributed by atoms with Gasteiger partial charge >= 0.3 is 0 Å². The Kier molecular flexibility index (Phi) is 4.16. The predicted molar refractivity (Wildman–Crippen MR) is 88.9 cm³/mol. The highest BCUT2D eigenvalue weighted by molar-refractivity contribution is 5.98. The van der Waals surface area contributed by atoms with E-state index < -0.39 is 0 Å². The molecule has 0 saturated carbocycles. The largest absolute Gasteiger partial charge is 0.414 e. The zero-order valence-corrected chi connectivity index (χ0v) is 15.1. The lowest BCUT2D eigenvalue weighted by Gasteiger charge is -2.46. The van der Waals surface area contributed by atoms with Crippen molar-refractivity contribution in [2.24, 2.45) is 5.41 Å².